The van der Waals surface area contributed by atoms with Crippen molar-refractivity contribution in [1.29, 1.82) is 5.41 Å². The van der Waals surface area contributed by atoms with Gasteiger partial charge in [0.2, 0.25) is 5.91 Å². The molecule has 0 saturated carbocycles. The first-order valence-corrected chi connectivity index (χ1v) is 8.79. The van der Waals surface area contributed by atoms with Crippen LogP contribution in [0.3, 0.4) is 0 Å². The van der Waals surface area contributed by atoms with Crippen LogP contribution < -0.4 is 0 Å². The van der Waals surface area contributed by atoms with Crippen molar-refractivity contribution < 1.29 is 9.59 Å². The van der Waals surface area contributed by atoms with Crippen LogP contribution in [0.4, 0.5) is 0 Å². The maximum atomic E-state index is 11.4. The molecule has 0 heterocycles. The van der Waals surface area contributed by atoms with Crippen molar-refractivity contribution in [2.75, 3.05) is 0 Å². The van der Waals surface area contributed by atoms with E-state index in [1.807, 2.05) is 0 Å². The third-order valence-corrected chi connectivity index (χ3v) is 3.63. The van der Waals surface area contributed by atoms with Crippen LogP contribution in [0.2, 0.25) is 0 Å². The molecular weight excluding hydrogens is 276 g/mol. The number of nitrogens with one attached hydrogen (secondary N) is 1. The van der Waals surface area contributed by atoms with Gasteiger partial charge in [-0.3, -0.25) is 4.79 Å². The molecule has 22 heavy (non-hydrogen) atoms. The molecule has 126 valence electrons. The Balaban J connectivity index is 3.24. The number of carbonyl (C=O) groups is 2. The van der Waals surface area contributed by atoms with Gasteiger partial charge >= 0.3 is 0 Å². The summed E-state index contributed by atoms with van der Waals surface area (Å²) in [6.45, 7) is 0. The lowest BCUT2D eigenvalue weighted by molar-refractivity contribution is -0.117. The lowest BCUT2D eigenvalue weighted by atomic mass is 10.1. The first-order valence-electron chi connectivity index (χ1n) is 8.79. The summed E-state index contributed by atoms with van der Waals surface area (Å²) in [5.41, 5.74) is 0. The van der Waals surface area contributed by atoms with Gasteiger partial charge in [0.05, 0.1) is 0 Å². The Morgan fingerprint density at radius 3 is 1.91 bits per heavy atom. The summed E-state index contributed by atoms with van der Waals surface area (Å²) in [6.07, 6.45) is 18.3. The summed E-state index contributed by atoms with van der Waals surface area (Å²) < 4.78 is 0. The third kappa shape index (κ3) is 16.7. The number of rotatable bonds is 16. The zero-order chi connectivity index (χ0) is 16.3. The molecule has 0 aliphatic rings. The Bertz CT molecular complexity index is 314. The lowest BCUT2D eigenvalue weighted by Crippen LogP contribution is -1.94. The SMILES string of the molecule is N=CCCCCC(=O)N=CCCCCCCCCCCC=O. The summed E-state index contributed by atoms with van der Waals surface area (Å²) >= 11 is 0. The molecule has 0 bridgehead atoms. The first-order chi connectivity index (χ1) is 10.8. The minimum atomic E-state index is -0.0275. The van der Waals surface area contributed by atoms with E-state index in [1.54, 1.807) is 6.21 Å². The van der Waals surface area contributed by atoms with Crippen LogP contribution in [-0.2, 0) is 9.59 Å². The number of aliphatic imine (C=N–C) groups is 1. The topological polar surface area (TPSA) is 70.3 Å². The maximum Gasteiger partial charge on any atom is 0.245 e. The highest BCUT2D eigenvalue weighted by molar-refractivity contribution is 5.84. The number of hydrogen-bond donors (Lipinski definition) is 1. The molecule has 0 aromatic carbocycles. The van der Waals surface area contributed by atoms with Gasteiger partial charge in [-0.15, -0.1) is 0 Å². The van der Waals surface area contributed by atoms with Crippen LogP contribution in [-0.4, -0.2) is 24.6 Å². The van der Waals surface area contributed by atoms with E-state index in [-0.39, 0.29) is 5.91 Å². The van der Waals surface area contributed by atoms with Crippen LogP contribution in [0.15, 0.2) is 4.99 Å². The van der Waals surface area contributed by atoms with E-state index < -0.39 is 0 Å². The van der Waals surface area contributed by atoms with Crippen LogP contribution in [0.25, 0.3) is 0 Å². The fourth-order valence-electron chi connectivity index (χ4n) is 2.28. The van der Waals surface area contributed by atoms with Crippen LogP contribution in [0, 0.1) is 5.41 Å². The summed E-state index contributed by atoms with van der Waals surface area (Å²) in [5, 5.41) is 6.89. The van der Waals surface area contributed by atoms with Gasteiger partial charge in [-0.05, 0) is 44.7 Å². The van der Waals surface area contributed by atoms with E-state index in [0.29, 0.717) is 12.8 Å². The van der Waals surface area contributed by atoms with Crippen molar-refractivity contribution in [3.8, 4) is 0 Å². The zero-order valence-electron chi connectivity index (χ0n) is 13.9. The Labute approximate surface area is 135 Å². The van der Waals surface area contributed by atoms with Gasteiger partial charge in [-0.2, -0.15) is 0 Å². The minimum absolute atomic E-state index is 0.0275. The van der Waals surface area contributed by atoms with Gasteiger partial charge in [0.1, 0.15) is 6.29 Å². The van der Waals surface area contributed by atoms with Crippen molar-refractivity contribution >= 4 is 24.6 Å². The van der Waals surface area contributed by atoms with Crippen molar-refractivity contribution in [2.45, 2.75) is 89.9 Å². The molecular formula is C18H32N2O2. The van der Waals surface area contributed by atoms with E-state index >= 15 is 0 Å². The monoisotopic (exact) mass is 308 g/mol. The first kappa shape index (κ1) is 20.7. The standard InChI is InChI=1S/C18H32N2O2/c19-15-11-9-10-14-18(22)20-16-12-7-5-3-1-2-4-6-8-13-17-21/h15-17,19H,1-14H2. The number of hydrogen-bond acceptors (Lipinski definition) is 3. The van der Waals surface area contributed by atoms with Crippen molar-refractivity contribution in [3.63, 3.8) is 0 Å². The molecule has 0 aliphatic heterocycles. The average molecular weight is 308 g/mol. The second-order valence-corrected chi connectivity index (χ2v) is 5.73. The molecule has 4 heteroatoms. The Morgan fingerprint density at radius 2 is 1.32 bits per heavy atom. The van der Waals surface area contributed by atoms with Gasteiger partial charge in [0, 0.05) is 19.1 Å². The molecule has 0 atom stereocenters. The molecule has 0 rings (SSSR count). The van der Waals surface area contributed by atoms with Crippen molar-refractivity contribution in [1.82, 2.24) is 0 Å². The quantitative estimate of drug-likeness (QED) is 0.250. The predicted molar refractivity (Wildman–Crippen MR) is 93.0 cm³/mol. The smallest absolute Gasteiger partial charge is 0.245 e. The van der Waals surface area contributed by atoms with Gasteiger partial charge in [0.25, 0.3) is 0 Å². The van der Waals surface area contributed by atoms with Crippen LogP contribution in [0.1, 0.15) is 89.9 Å². The summed E-state index contributed by atoms with van der Waals surface area (Å²) in [4.78, 5) is 25.5. The molecule has 0 aliphatic carbocycles. The second-order valence-electron chi connectivity index (χ2n) is 5.73. The van der Waals surface area contributed by atoms with Crippen molar-refractivity contribution in [3.05, 3.63) is 0 Å². The number of carbonyl (C=O) groups excluding carboxylic acids is 2. The van der Waals surface area contributed by atoms with Gasteiger partial charge < -0.3 is 10.2 Å². The number of unbranched alkanes of at least 4 members (excludes halogenated alkanes) is 11. The minimum Gasteiger partial charge on any atom is -0.313 e. The third-order valence-electron chi connectivity index (χ3n) is 3.63. The Hall–Kier alpha value is -1.32. The fourth-order valence-corrected chi connectivity index (χ4v) is 2.28. The lowest BCUT2D eigenvalue weighted by Gasteiger charge is -2.00. The molecule has 4 nitrogen and oxygen atoms in total. The largest absolute Gasteiger partial charge is 0.313 e. The number of nitrogens with zero attached hydrogens (tertiary/aromatic N) is 1. The Morgan fingerprint density at radius 1 is 0.773 bits per heavy atom. The summed E-state index contributed by atoms with van der Waals surface area (Å²) in [7, 11) is 0. The van der Waals surface area contributed by atoms with Crippen LogP contribution >= 0.6 is 0 Å². The van der Waals surface area contributed by atoms with E-state index in [2.05, 4.69) is 4.99 Å². The van der Waals surface area contributed by atoms with E-state index in [4.69, 9.17) is 5.41 Å². The number of amides is 1. The predicted octanol–water partition coefficient (Wildman–Crippen LogP) is 4.89. The molecule has 0 fully saturated rings. The molecule has 0 saturated heterocycles. The zero-order valence-corrected chi connectivity index (χ0v) is 13.9. The van der Waals surface area contributed by atoms with Crippen molar-refractivity contribution in [2.24, 2.45) is 4.99 Å². The normalized spacial score (nSPS) is 10.9. The fraction of sp³-hybridized carbons (Fsp3) is 0.778. The molecule has 0 aromatic rings. The maximum absolute atomic E-state index is 11.4. The highest BCUT2D eigenvalue weighted by Gasteiger charge is 1.97. The number of aldehydes is 1. The molecule has 0 spiro atoms. The molecule has 1 amide bonds. The average Bonchev–Trinajstić information content (AvgIpc) is 2.52. The molecule has 0 aromatic heterocycles. The summed E-state index contributed by atoms with van der Waals surface area (Å²) in [6, 6.07) is 0. The van der Waals surface area contributed by atoms with Gasteiger partial charge in [-0.25, -0.2) is 4.99 Å². The molecule has 0 unspecified atom stereocenters. The highest BCUT2D eigenvalue weighted by Crippen LogP contribution is 2.10. The molecule has 1 N–H and O–H groups in total. The summed E-state index contributed by atoms with van der Waals surface area (Å²) in [5.74, 6) is -0.0275. The van der Waals surface area contributed by atoms with E-state index in [0.717, 1.165) is 44.8 Å². The van der Waals surface area contributed by atoms with Gasteiger partial charge in [0.15, 0.2) is 0 Å². The van der Waals surface area contributed by atoms with E-state index in [1.165, 1.54) is 44.7 Å². The van der Waals surface area contributed by atoms with Crippen LogP contribution in [0.5, 0.6) is 0 Å². The Kier molecular flexibility index (Phi) is 16.7. The second kappa shape index (κ2) is 17.7. The molecule has 0 radical (unpaired) electrons. The van der Waals surface area contributed by atoms with E-state index in [9.17, 15) is 9.59 Å². The highest BCUT2D eigenvalue weighted by atomic mass is 16.1. The van der Waals surface area contributed by atoms with Gasteiger partial charge in [-0.1, -0.05) is 38.5 Å².